The fourth-order valence-electron chi connectivity index (χ4n) is 4.10. The second-order valence-corrected chi connectivity index (χ2v) is 10.6. The zero-order valence-electron chi connectivity index (χ0n) is 19.5. The van der Waals surface area contributed by atoms with E-state index in [1.165, 1.54) is 12.1 Å². The van der Waals surface area contributed by atoms with Crippen LogP contribution in [0.2, 0.25) is 5.02 Å². The predicted molar refractivity (Wildman–Crippen MR) is 136 cm³/mol. The lowest BCUT2D eigenvalue weighted by Gasteiger charge is -2.13. The summed E-state index contributed by atoms with van der Waals surface area (Å²) in [5, 5.41) is 4.57. The highest BCUT2D eigenvalue weighted by atomic mass is 35.5. The minimum atomic E-state index is -4.98. The van der Waals surface area contributed by atoms with Gasteiger partial charge in [-0.3, -0.25) is 9.59 Å². The molecule has 3 aromatic carbocycles. The lowest BCUT2D eigenvalue weighted by atomic mass is 10.0. The number of benzene rings is 3. The van der Waals surface area contributed by atoms with E-state index in [1.54, 1.807) is 0 Å². The third-order valence-corrected chi connectivity index (χ3v) is 7.40. The number of nitrogens with two attached hydrogens (primary N) is 1. The van der Waals surface area contributed by atoms with Crippen LogP contribution in [0.15, 0.2) is 42.5 Å². The fraction of sp³-hybridized carbons (Fsp3) is 0.200. The highest BCUT2D eigenvalue weighted by Gasteiger charge is 2.68. The molecule has 1 aliphatic rings. The van der Waals surface area contributed by atoms with Gasteiger partial charge in [-0.25, -0.2) is 13.2 Å². The van der Waals surface area contributed by atoms with Gasteiger partial charge in [0.25, 0.3) is 5.91 Å². The number of alkyl halides is 5. The Bertz CT molecular complexity index is 1510. The molecule has 0 aromatic heterocycles. The number of halogens is 9. The van der Waals surface area contributed by atoms with Gasteiger partial charge in [0.15, 0.2) is 5.82 Å². The molecule has 0 bridgehead atoms. The van der Waals surface area contributed by atoms with Crippen molar-refractivity contribution < 1.29 is 35.9 Å². The van der Waals surface area contributed by atoms with Crippen molar-refractivity contribution in [2.45, 2.75) is 23.4 Å². The normalized spacial score (nSPS) is 18.0. The van der Waals surface area contributed by atoms with E-state index >= 15 is 0 Å². The van der Waals surface area contributed by atoms with Gasteiger partial charge in [-0.15, -0.1) is 23.2 Å². The van der Waals surface area contributed by atoms with Crippen molar-refractivity contribution in [1.29, 1.82) is 0 Å². The second-order valence-electron chi connectivity index (χ2n) is 8.79. The summed E-state index contributed by atoms with van der Waals surface area (Å²) in [5.41, 5.74) is 1.98. The average molecular weight is 611 g/mol. The Balaban J connectivity index is 1.55. The van der Waals surface area contributed by atoms with Crippen molar-refractivity contribution in [3.8, 4) is 0 Å². The molecule has 5 nitrogen and oxygen atoms in total. The van der Waals surface area contributed by atoms with Crippen LogP contribution in [0.1, 0.15) is 33.0 Å². The predicted octanol–water partition coefficient (Wildman–Crippen LogP) is 7.45. The van der Waals surface area contributed by atoms with E-state index in [0.717, 1.165) is 31.2 Å². The lowest BCUT2D eigenvalue weighted by molar-refractivity contribution is -0.140. The zero-order chi connectivity index (χ0) is 29.0. The molecule has 4 N–H and O–H groups in total. The van der Waals surface area contributed by atoms with Gasteiger partial charge >= 0.3 is 6.18 Å². The van der Waals surface area contributed by atoms with E-state index < -0.39 is 68.5 Å². The molecule has 2 amide bonds. The SMILES string of the molecule is Cc1cc(C2C(C(=O)Nc3ccc(Cl)c(C(=O)Nc4ccc(F)c(N)c4F)c3)C2(Cl)Cl)cc(C(F)(F)F)c1F. The van der Waals surface area contributed by atoms with E-state index in [9.17, 15) is 35.9 Å². The molecular weight excluding hydrogens is 595 g/mol. The summed E-state index contributed by atoms with van der Waals surface area (Å²) in [6, 6.07) is 7.21. The number of amides is 2. The third-order valence-electron chi connectivity index (χ3n) is 6.13. The molecule has 4 rings (SSSR count). The van der Waals surface area contributed by atoms with Crippen molar-refractivity contribution in [3.05, 3.63) is 87.2 Å². The Morgan fingerprint density at radius 2 is 1.64 bits per heavy atom. The summed E-state index contributed by atoms with van der Waals surface area (Å²) < 4.78 is 79.7. The number of hydrogen-bond donors (Lipinski definition) is 3. The van der Waals surface area contributed by atoms with E-state index in [4.69, 9.17) is 40.5 Å². The number of nitrogens with one attached hydrogen (secondary N) is 2. The van der Waals surface area contributed by atoms with Gasteiger partial charge in [-0.2, -0.15) is 13.2 Å². The molecule has 1 saturated carbocycles. The average Bonchev–Trinajstić information content (AvgIpc) is 3.43. The molecule has 206 valence electrons. The van der Waals surface area contributed by atoms with Crippen LogP contribution < -0.4 is 16.4 Å². The molecule has 0 spiro atoms. The van der Waals surface area contributed by atoms with E-state index in [2.05, 4.69) is 10.6 Å². The molecule has 1 aliphatic carbocycles. The minimum Gasteiger partial charge on any atom is -0.394 e. The number of carbonyl (C=O) groups is 2. The number of anilines is 3. The maximum absolute atomic E-state index is 14.2. The van der Waals surface area contributed by atoms with Gasteiger partial charge in [-0.1, -0.05) is 17.7 Å². The van der Waals surface area contributed by atoms with Crippen molar-refractivity contribution in [3.63, 3.8) is 0 Å². The Morgan fingerprint density at radius 3 is 2.28 bits per heavy atom. The molecule has 3 aromatic rings. The zero-order valence-corrected chi connectivity index (χ0v) is 21.8. The number of carbonyl (C=O) groups excluding carboxylic acids is 2. The van der Waals surface area contributed by atoms with Crippen LogP contribution in [0, 0.1) is 30.3 Å². The molecule has 0 heterocycles. The van der Waals surface area contributed by atoms with E-state index in [1.807, 2.05) is 0 Å². The third kappa shape index (κ3) is 5.48. The molecule has 0 radical (unpaired) electrons. The summed E-state index contributed by atoms with van der Waals surface area (Å²) >= 11 is 18.5. The molecular formula is C25H16Cl3F6N3O2. The molecule has 0 aliphatic heterocycles. The van der Waals surface area contributed by atoms with Crippen molar-refractivity contribution >= 4 is 63.7 Å². The quantitative estimate of drug-likeness (QED) is 0.159. The maximum atomic E-state index is 14.2. The Hall–Kier alpha value is -3.15. The fourth-order valence-corrected chi connectivity index (χ4v) is 5.14. The first-order chi connectivity index (χ1) is 18.0. The van der Waals surface area contributed by atoms with Crippen molar-refractivity contribution in [2.75, 3.05) is 16.4 Å². The van der Waals surface area contributed by atoms with Crippen LogP contribution >= 0.6 is 34.8 Å². The van der Waals surface area contributed by atoms with Crippen molar-refractivity contribution in [2.24, 2.45) is 5.92 Å². The molecule has 1 fully saturated rings. The summed E-state index contributed by atoms with van der Waals surface area (Å²) in [7, 11) is 0. The highest BCUT2D eigenvalue weighted by molar-refractivity contribution is 6.53. The number of rotatable bonds is 5. The van der Waals surface area contributed by atoms with Crippen LogP contribution in [0.5, 0.6) is 0 Å². The standard InChI is InChI=1S/C25H16Cl3F6N3O2/c1-9-6-10(7-13(19(9)30)25(32,33)34)17-18(24(17,27)28)23(39)36-11-2-3-14(26)12(8-11)22(38)37-16-5-4-15(29)21(35)20(16)31/h2-8,17-18H,35H2,1H3,(H,36,39)(H,37,38). The summed E-state index contributed by atoms with van der Waals surface area (Å²) in [5.74, 6) is -7.71. The van der Waals surface area contributed by atoms with Gasteiger partial charge < -0.3 is 16.4 Å². The smallest absolute Gasteiger partial charge is 0.394 e. The first-order valence-electron chi connectivity index (χ1n) is 10.9. The van der Waals surface area contributed by atoms with Crippen LogP contribution in [0.25, 0.3) is 0 Å². The van der Waals surface area contributed by atoms with E-state index in [0.29, 0.717) is 6.07 Å². The molecule has 39 heavy (non-hydrogen) atoms. The topological polar surface area (TPSA) is 84.2 Å². The number of aryl methyl sites for hydroxylation is 1. The highest BCUT2D eigenvalue weighted by Crippen LogP contribution is 2.65. The van der Waals surface area contributed by atoms with Crippen molar-refractivity contribution in [1.82, 2.24) is 0 Å². The van der Waals surface area contributed by atoms with Crippen LogP contribution in [0.4, 0.5) is 43.4 Å². The first-order valence-corrected chi connectivity index (χ1v) is 12.1. The second kappa shape index (κ2) is 10.1. The van der Waals surface area contributed by atoms with Gasteiger partial charge in [0.1, 0.15) is 21.7 Å². The largest absolute Gasteiger partial charge is 0.419 e. The number of hydrogen-bond acceptors (Lipinski definition) is 3. The van der Waals surface area contributed by atoms with Gasteiger partial charge in [-0.05, 0) is 54.4 Å². The molecule has 14 heteroatoms. The van der Waals surface area contributed by atoms with Gasteiger partial charge in [0, 0.05) is 11.6 Å². The summed E-state index contributed by atoms with van der Waals surface area (Å²) in [6.07, 6.45) is -4.98. The monoisotopic (exact) mass is 609 g/mol. The van der Waals surface area contributed by atoms with Gasteiger partial charge in [0.05, 0.1) is 27.8 Å². The molecule has 0 saturated heterocycles. The summed E-state index contributed by atoms with van der Waals surface area (Å²) in [4.78, 5) is 25.7. The van der Waals surface area contributed by atoms with Gasteiger partial charge in [0.2, 0.25) is 5.91 Å². The lowest BCUT2D eigenvalue weighted by Crippen LogP contribution is -2.18. The molecule has 2 unspecified atom stereocenters. The minimum absolute atomic E-state index is 0.0229. The number of nitrogen functional groups attached to an aromatic ring is 1. The van der Waals surface area contributed by atoms with E-state index in [-0.39, 0.29) is 27.4 Å². The maximum Gasteiger partial charge on any atom is 0.419 e. The summed E-state index contributed by atoms with van der Waals surface area (Å²) in [6.45, 7) is 1.14. The Kier molecular flexibility index (Phi) is 7.48. The Labute approximate surface area is 232 Å². The van der Waals surface area contributed by atoms with Crippen LogP contribution in [-0.4, -0.2) is 16.1 Å². The first kappa shape index (κ1) is 28.8. The Morgan fingerprint density at radius 1 is 0.974 bits per heavy atom. The molecule has 2 atom stereocenters. The van der Waals surface area contributed by atoms with Crippen LogP contribution in [0.3, 0.4) is 0 Å². The van der Waals surface area contributed by atoms with Crippen LogP contribution in [-0.2, 0) is 11.0 Å².